The minimum atomic E-state index is -0.318. The number of nitrogens with zero attached hydrogens (tertiary/aromatic N) is 3. The Morgan fingerprint density at radius 3 is 2.03 bits per heavy atom. The number of likely N-dealkylation sites (N-methyl/N-ethyl adjacent to an activating group) is 1. The largest absolute Gasteiger partial charge is 0.364 e. The Morgan fingerprint density at radius 2 is 1.47 bits per heavy atom. The first-order valence-corrected chi connectivity index (χ1v) is 10.8. The summed E-state index contributed by atoms with van der Waals surface area (Å²) in [6.45, 7) is 8.36. The van der Waals surface area contributed by atoms with E-state index in [1.165, 1.54) is 11.8 Å². The Bertz CT molecular complexity index is 1090. The van der Waals surface area contributed by atoms with Gasteiger partial charge in [-0.25, -0.2) is 4.90 Å². The lowest BCUT2D eigenvalue weighted by molar-refractivity contribution is -0.121. The molecule has 166 valence electrons. The van der Waals surface area contributed by atoms with E-state index in [4.69, 9.17) is 0 Å². The van der Waals surface area contributed by atoms with Crippen molar-refractivity contribution in [2.75, 3.05) is 43.4 Å². The number of amides is 3. The van der Waals surface area contributed by atoms with Gasteiger partial charge in [0.1, 0.15) is 5.70 Å². The maximum Gasteiger partial charge on any atom is 0.282 e. The molecule has 2 heterocycles. The summed E-state index contributed by atoms with van der Waals surface area (Å²) < 4.78 is 0. The van der Waals surface area contributed by atoms with Gasteiger partial charge in [0.2, 0.25) is 5.91 Å². The molecule has 1 N–H and O–H groups in total. The maximum absolute atomic E-state index is 13.7. The molecule has 2 aromatic rings. The number of imide groups is 1. The highest BCUT2D eigenvalue weighted by Gasteiger charge is 2.43. The van der Waals surface area contributed by atoms with Crippen molar-refractivity contribution in [3.63, 3.8) is 0 Å². The number of nitrogens with one attached hydrogen (secondary N) is 1. The van der Waals surface area contributed by atoms with Crippen molar-refractivity contribution in [2.45, 2.75) is 20.8 Å². The summed E-state index contributed by atoms with van der Waals surface area (Å²) in [6, 6.07) is 12.8. The number of hydrogen-bond acceptors (Lipinski definition) is 5. The van der Waals surface area contributed by atoms with Crippen molar-refractivity contribution in [1.82, 2.24) is 9.80 Å². The van der Waals surface area contributed by atoms with Crippen LogP contribution in [0.3, 0.4) is 0 Å². The van der Waals surface area contributed by atoms with E-state index < -0.39 is 0 Å². The standard InChI is InChI=1S/C25H28N4O3/c1-16-13-17(2)15-21(14-16)29-24(31)22(19-5-7-20(8-6-19)26-18(3)30)23(25(29)32)28-11-9-27(4)10-12-28/h5-8,13-15H,9-12H2,1-4H3,(H,26,30). The van der Waals surface area contributed by atoms with E-state index in [1.807, 2.05) is 36.9 Å². The Balaban J connectivity index is 1.78. The summed E-state index contributed by atoms with van der Waals surface area (Å²) in [7, 11) is 2.05. The third-order valence-electron chi connectivity index (χ3n) is 5.84. The molecule has 2 aliphatic heterocycles. The van der Waals surface area contributed by atoms with Gasteiger partial charge >= 0.3 is 0 Å². The minimum absolute atomic E-state index is 0.164. The van der Waals surface area contributed by atoms with Gasteiger partial charge in [-0.2, -0.15) is 0 Å². The molecule has 0 bridgehead atoms. The Hall–Kier alpha value is -3.45. The number of hydrogen-bond donors (Lipinski definition) is 1. The van der Waals surface area contributed by atoms with Gasteiger partial charge in [-0.1, -0.05) is 18.2 Å². The van der Waals surface area contributed by atoms with Gasteiger partial charge in [0.05, 0.1) is 11.3 Å². The summed E-state index contributed by atoms with van der Waals surface area (Å²) >= 11 is 0. The number of rotatable bonds is 4. The average molecular weight is 433 g/mol. The molecular formula is C25H28N4O3. The van der Waals surface area contributed by atoms with Gasteiger partial charge in [0, 0.05) is 38.8 Å². The molecule has 2 aliphatic rings. The van der Waals surface area contributed by atoms with Gasteiger partial charge in [-0.05, 0) is 61.9 Å². The first-order valence-electron chi connectivity index (χ1n) is 10.8. The molecular weight excluding hydrogens is 404 g/mol. The Labute approximate surface area is 188 Å². The summed E-state index contributed by atoms with van der Waals surface area (Å²) in [5.74, 6) is -0.769. The third kappa shape index (κ3) is 4.16. The lowest BCUT2D eigenvalue weighted by atomic mass is 10.0. The van der Waals surface area contributed by atoms with Crippen LogP contribution < -0.4 is 10.2 Å². The molecule has 0 saturated carbocycles. The number of carbonyl (C=O) groups excluding carboxylic acids is 3. The van der Waals surface area contributed by atoms with Crippen LogP contribution in [0.25, 0.3) is 5.57 Å². The van der Waals surface area contributed by atoms with Crippen molar-refractivity contribution in [3.8, 4) is 0 Å². The van der Waals surface area contributed by atoms with Crippen LogP contribution in [0.1, 0.15) is 23.6 Å². The fourth-order valence-corrected chi connectivity index (χ4v) is 4.34. The van der Waals surface area contributed by atoms with Crippen molar-refractivity contribution in [1.29, 1.82) is 0 Å². The van der Waals surface area contributed by atoms with Crippen molar-refractivity contribution < 1.29 is 14.4 Å². The molecule has 7 heteroatoms. The van der Waals surface area contributed by atoms with Crippen LogP contribution in [0, 0.1) is 13.8 Å². The predicted octanol–water partition coefficient (Wildman–Crippen LogP) is 2.79. The molecule has 7 nitrogen and oxygen atoms in total. The molecule has 0 aromatic heterocycles. The van der Waals surface area contributed by atoms with Gasteiger partial charge in [0.25, 0.3) is 11.8 Å². The predicted molar refractivity (Wildman–Crippen MR) is 125 cm³/mol. The van der Waals surface area contributed by atoms with E-state index >= 15 is 0 Å². The molecule has 32 heavy (non-hydrogen) atoms. The van der Waals surface area contributed by atoms with Crippen LogP contribution >= 0.6 is 0 Å². The molecule has 2 aromatic carbocycles. The Morgan fingerprint density at radius 1 is 0.875 bits per heavy atom. The molecule has 4 rings (SSSR count). The van der Waals surface area contributed by atoms with Crippen LogP contribution in [0.5, 0.6) is 0 Å². The van der Waals surface area contributed by atoms with Crippen molar-refractivity contribution in [2.24, 2.45) is 0 Å². The second-order valence-electron chi connectivity index (χ2n) is 8.56. The molecule has 3 amide bonds. The highest BCUT2D eigenvalue weighted by atomic mass is 16.2. The fraction of sp³-hybridized carbons (Fsp3) is 0.320. The first kappa shape index (κ1) is 21.8. The van der Waals surface area contributed by atoms with Gasteiger partial charge in [-0.15, -0.1) is 0 Å². The zero-order valence-corrected chi connectivity index (χ0v) is 18.9. The average Bonchev–Trinajstić information content (AvgIpc) is 2.98. The van der Waals surface area contributed by atoms with E-state index in [-0.39, 0.29) is 17.7 Å². The lowest BCUT2D eigenvalue weighted by Gasteiger charge is -2.34. The molecule has 1 saturated heterocycles. The van der Waals surface area contributed by atoms with Gasteiger partial charge in [-0.3, -0.25) is 14.4 Å². The summed E-state index contributed by atoms with van der Waals surface area (Å²) in [5, 5.41) is 2.74. The van der Waals surface area contributed by atoms with Crippen LogP contribution in [0.15, 0.2) is 48.2 Å². The van der Waals surface area contributed by atoms with Crippen LogP contribution in [0.2, 0.25) is 0 Å². The zero-order valence-electron chi connectivity index (χ0n) is 18.9. The number of benzene rings is 2. The normalized spacial score (nSPS) is 17.4. The van der Waals surface area contributed by atoms with E-state index in [2.05, 4.69) is 17.3 Å². The second-order valence-corrected chi connectivity index (χ2v) is 8.56. The van der Waals surface area contributed by atoms with E-state index in [0.29, 0.717) is 41.3 Å². The molecule has 0 atom stereocenters. The third-order valence-corrected chi connectivity index (χ3v) is 5.84. The smallest absolute Gasteiger partial charge is 0.282 e. The summed E-state index contributed by atoms with van der Waals surface area (Å²) in [5.41, 5.74) is 4.76. The second kappa shape index (κ2) is 8.59. The maximum atomic E-state index is 13.7. The highest BCUT2D eigenvalue weighted by Crippen LogP contribution is 2.36. The molecule has 0 unspecified atom stereocenters. The number of carbonyl (C=O) groups is 3. The highest BCUT2D eigenvalue weighted by molar-refractivity contribution is 6.45. The molecule has 0 aliphatic carbocycles. The summed E-state index contributed by atoms with van der Waals surface area (Å²) in [4.78, 5) is 44.2. The van der Waals surface area contributed by atoms with Crippen LogP contribution in [0.4, 0.5) is 11.4 Å². The topological polar surface area (TPSA) is 73.0 Å². The number of anilines is 2. The van der Waals surface area contributed by atoms with Gasteiger partial charge in [0.15, 0.2) is 0 Å². The van der Waals surface area contributed by atoms with Crippen LogP contribution in [-0.2, 0) is 14.4 Å². The van der Waals surface area contributed by atoms with E-state index in [1.54, 1.807) is 24.3 Å². The zero-order chi connectivity index (χ0) is 23.0. The van der Waals surface area contributed by atoms with Gasteiger partial charge < -0.3 is 15.1 Å². The van der Waals surface area contributed by atoms with Crippen molar-refractivity contribution >= 4 is 34.7 Å². The monoisotopic (exact) mass is 432 g/mol. The fourth-order valence-electron chi connectivity index (χ4n) is 4.34. The molecule has 0 spiro atoms. The lowest BCUT2D eigenvalue weighted by Crippen LogP contribution is -2.46. The number of piperazine rings is 1. The van der Waals surface area contributed by atoms with Crippen LogP contribution in [-0.4, -0.2) is 60.7 Å². The number of aryl methyl sites for hydroxylation is 2. The Kier molecular flexibility index (Phi) is 5.84. The SMILES string of the molecule is CC(=O)Nc1ccc(C2=C(N3CCN(C)CC3)C(=O)N(c3cc(C)cc(C)c3)C2=O)cc1. The minimum Gasteiger partial charge on any atom is -0.364 e. The van der Waals surface area contributed by atoms with E-state index in [9.17, 15) is 14.4 Å². The molecule has 1 fully saturated rings. The van der Waals surface area contributed by atoms with Crippen molar-refractivity contribution in [3.05, 3.63) is 64.9 Å². The quantitative estimate of drug-likeness (QED) is 0.753. The molecule has 0 radical (unpaired) electrons. The summed E-state index contributed by atoms with van der Waals surface area (Å²) in [6.07, 6.45) is 0. The van der Waals surface area contributed by atoms with E-state index in [0.717, 1.165) is 24.2 Å². The first-order chi connectivity index (χ1) is 15.2.